The first-order chi connectivity index (χ1) is 7.37. The van der Waals surface area contributed by atoms with Crippen molar-refractivity contribution in [3.8, 4) is 0 Å². The highest BCUT2D eigenvalue weighted by Crippen LogP contribution is 2.48. The highest BCUT2D eigenvalue weighted by atomic mass is 19.3. The molecule has 2 fully saturated rings. The van der Waals surface area contributed by atoms with Gasteiger partial charge in [-0.05, 0) is 19.3 Å². The van der Waals surface area contributed by atoms with E-state index in [4.69, 9.17) is 5.11 Å². The average molecular weight is 233 g/mol. The van der Waals surface area contributed by atoms with Gasteiger partial charge in [0.15, 0.2) is 0 Å². The molecule has 0 radical (unpaired) electrons. The molecule has 0 bridgehead atoms. The van der Waals surface area contributed by atoms with Gasteiger partial charge in [0.05, 0.1) is 6.54 Å². The normalized spacial score (nSPS) is 26.2. The fourth-order valence-electron chi connectivity index (χ4n) is 2.09. The van der Waals surface area contributed by atoms with E-state index in [1.807, 2.05) is 0 Å². The summed E-state index contributed by atoms with van der Waals surface area (Å²) in [5, 5.41) is 8.90. The van der Waals surface area contributed by atoms with E-state index in [-0.39, 0.29) is 32.2 Å². The number of aliphatic carboxylic acids is 1. The van der Waals surface area contributed by atoms with E-state index in [1.54, 1.807) is 0 Å². The molecular formula is C10H13F2NO3. The van der Waals surface area contributed by atoms with Crippen LogP contribution in [0, 0.1) is 5.41 Å². The van der Waals surface area contributed by atoms with Crippen molar-refractivity contribution in [2.45, 2.75) is 31.6 Å². The Morgan fingerprint density at radius 3 is 2.25 bits per heavy atom. The smallest absolute Gasteiger partial charge is 0.319 e. The minimum atomic E-state index is -2.87. The molecule has 2 rings (SSSR count). The molecule has 6 heteroatoms. The van der Waals surface area contributed by atoms with Crippen molar-refractivity contribution in [1.82, 2.24) is 4.90 Å². The van der Waals surface area contributed by atoms with Crippen molar-refractivity contribution in [3.05, 3.63) is 0 Å². The lowest BCUT2D eigenvalue weighted by atomic mass is 10.0. The van der Waals surface area contributed by atoms with Gasteiger partial charge in [-0.15, -0.1) is 0 Å². The van der Waals surface area contributed by atoms with E-state index in [2.05, 4.69) is 0 Å². The largest absolute Gasteiger partial charge is 0.480 e. The third-order valence-corrected chi connectivity index (χ3v) is 3.25. The molecule has 0 aromatic heterocycles. The van der Waals surface area contributed by atoms with E-state index in [0.29, 0.717) is 0 Å². The predicted octanol–water partition coefficient (Wildman–Crippen LogP) is 1.11. The maximum Gasteiger partial charge on any atom is 0.319 e. The first-order valence-corrected chi connectivity index (χ1v) is 5.28. The zero-order valence-corrected chi connectivity index (χ0v) is 8.71. The molecule has 1 heterocycles. The first-order valence-electron chi connectivity index (χ1n) is 5.28. The number of carbonyl (C=O) groups is 2. The van der Waals surface area contributed by atoms with Gasteiger partial charge in [0, 0.05) is 13.0 Å². The lowest BCUT2D eigenvalue weighted by Gasteiger charge is -2.34. The maximum atomic E-state index is 13.1. The molecule has 2 aliphatic rings. The Hall–Kier alpha value is -1.20. The predicted molar refractivity (Wildman–Crippen MR) is 50.1 cm³/mol. The second kappa shape index (κ2) is 3.40. The van der Waals surface area contributed by atoms with Gasteiger partial charge in [-0.1, -0.05) is 0 Å². The fourth-order valence-corrected chi connectivity index (χ4v) is 2.09. The van der Waals surface area contributed by atoms with Crippen LogP contribution >= 0.6 is 0 Å². The molecule has 16 heavy (non-hydrogen) atoms. The Kier molecular flexibility index (Phi) is 2.40. The van der Waals surface area contributed by atoms with Crippen LogP contribution in [0.3, 0.4) is 0 Å². The molecule has 0 spiro atoms. The van der Waals surface area contributed by atoms with Crippen molar-refractivity contribution in [1.29, 1.82) is 0 Å². The van der Waals surface area contributed by atoms with Crippen LogP contribution in [-0.2, 0) is 9.59 Å². The third-order valence-electron chi connectivity index (χ3n) is 3.25. The second-order valence-electron chi connectivity index (χ2n) is 4.57. The van der Waals surface area contributed by atoms with E-state index in [0.717, 1.165) is 4.90 Å². The van der Waals surface area contributed by atoms with E-state index in [1.165, 1.54) is 0 Å². The van der Waals surface area contributed by atoms with E-state index >= 15 is 0 Å². The lowest BCUT2D eigenvalue weighted by molar-refractivity contribution is -0.158. The highest BCUT2D eigenvalue weighted by Gasteiger charge is 2.59. The molecule has 1 aliphatic carbocycles. The summed E-state index contributed by atoms with van der Waals surface area (Å²) < 4.78 is 26.2. The number of alkyl halides is 2. The number of hydrogen-bond acceptors (Lipinski definition) is 2. The number of rotatable bonds is 2. The van der Waals surface area contributed by atoms with Crippen LogP contribution in [0.2, 0.25) is 0 Å². The average Bonchev–Trinajstić information content (AvgIpc) is 2.95. The molecule has 0 atom stereocenters. The Labute approximate surface area is 91.2 Å². The molecule has 0 aromatic carbocycles. The topological polar surface area (TPSA) is 57.6 Å². The third kappa shape index (κ3) is 1.76. The zero-order valence-electron chi connectivity index (χ0n) is 8.71. The van der Waals surface area contributed by atoms with Gasteiger partial charge >= 0.3 is 5.97 Å². The fraction of sp³-hybridized carbons (Fsp3) is 0.800. The standard InChI is InChI=1S/C10H13F2NO3/c11-10(12)2-1-5-13(6-10)7(14)9(3-4-9)8(15)16/h1-6H2,(H,15,16). The van der Waals surface area contributed by atoms with Crippen molar-refractivity contribution in [2.75, 3.05) is 13.1 Å². The molecule has 1 N–H and O–H groups in total. The van der Waals surface area contributed by atoms with Gasteiger partial charge in [-0.2, -0.15) is 0 Å². The summed E-state index contributed by atoms with van der Waals surface area (Å²) in [6.07, 6.45) is 0.539. The first kappa shape index (κ1) is 11.3. The summed E-state index contributed by atoms with van der Waals surface area (Å²) in [6.45, 7) is -0.398. The zero-order chi connectivity index (χ0) is 12.0. The quantitative estimate of drug-likeness (QED) is 0.727. The molecule has 1 amide bonds. The number of carboxylic acids is 1. The maximum absolute atomic E-state index is 13.1. The summed E-state index contributed by atoms with van der Waals surface area (Å²) in [5.41, 5.74) is -1.40. The van der Waals surface area contributed by atoms with Crippen LogP contribution in [0.25, 0.3) is 0 Å². The van der Waals surface area contributed by atoms with Crippen molar-refractivity contribution < 1.29 is 23.5 Å². The molecular weight excluding hydrogens is 220 g/mol. The lowest BCUT2D eigenvalue weighted by Crippen LogP contribution is -2.49. The van der Waals surface area contributed by atoms with E-state index in [9.17, 15) is 18.4 Å². The van der Waals surface area contributed by atoms with Crippen LogP contribution in [0.5, 0.6) is 0 Å². The number of likely N-dealkylation sites (tertiary alicyclic amines) is 1. The minimum Gasteiger partial charge on any atom is -0.480 e. The van der Waals surface area contributed by atoms with Gasteiger partial charge in [0.2, 0.25) is 5.91 Å². The molecule has 1 saturated carbocycles. The number of hydrogen-bond donors (Lipinski definition) is 1. The van der Waals surface area contributed by atoms with Gasteiger partial charge in [0.1, 0.15) is 5.41 Å². The minimum absolute atomic E-state index is 0.225. The molecule has 4 nitrogen and oxygen atoms in total. The Balaban J connectivity index is 2.08. The Morgan fingerprint density at radius 1 is 1.19 bits per heavy atom. The van der Waals surface area contributed by atoms with Gasteiger partial charge < -0.3 is 10.0 Å². The number of amides is 1. The van der Waals surface area contributed by atoms with Gasteiger partial charge in [-0.3, -0.25) is 9.59 Å². The molecule has 1 saturated heterocycles. The number of halogens is 2. The van der Waals surface area contributed by atoms with Crippen molar-refractivity contribution in [2.24, 2.45) is 5.41 Å². The Bertz CT molecular complexity index is 339. The number of carboxylic acid groups (broad SMARTS) is 1. The van der Waals surface area contributed by atoms with Crippen LogP contribution in [0.1, 0.15) is 25.7 Å². The van der Waals surface area contributed by atoms with Crippen LogP contribution in [-0.4, -0.2) is 40.9 Å². The summed E-state index contributed by atoms with van der Waals surface area (Å²) in [4.78, 5) is 23.7. The summed E-state index contributed by atoms with van der Waals surface area (Å²) in [5.74, 6) is -4.70. The summed E-state index contributed by atoms with van der Waals surface area (Å²) >= 11 is 0. The number of piperidine rings is 1. The second-order valence-corrected chi connectivity index (χ2v) is 4.57. The number of nitrogens with zero attached hydrogens (tertiary/aromatic N) is 1. The SMILES string of the molecule is O=C(O)C1(C(=O)N2CCCC(F)(F)C2)CC1. The van der Waals surface area contributed by atoms with Crippen LogP contribution in [0.4, 0.5) is 8.78 Å². The van der Waals surface area contributed by atoms with Crippen molar-refractivity contribution in [3.63, 3.8) is 0 Å². The molecule has 0 aromatic rings. The summed E-state index contributed by atoms with van der Waals surface area (Å²) in [7, 11) is 0. The van der Waals surface area contributed by atoms with Gasteiger partial charge in [0.25, 0.3) is 5.92 Å². The molecule has 1 aliphatic heterocycles. The van der Waals surface area contributed by atoms with E-state index < -0.39 is 29.8 Å². The highest BCUT2D eigenvalue weighted by molar-refractivity contribution is 6.04. The Morgan fingerprint density at radius 2 is 1.81 bits per heavy atom. The molecule has 0 unspecified atom stereocenters. The number of carbonyl (C=O) groups excluding carboxylic acids is 1. The summed E-state index contributed by atoms with van der Waals surface area (Å²) in [6, 6.07) is 0. The van der Waals surface area contributed by atoms with Crippen LogP contribution < -0.4 is 0 Å². The monoisotopic (exact) mass is 233 g/mol. The van der Waals surface area contributed by atoms with Crippen molar-refractivity contribution >= 4 is 11.9 Å². The van der Waals surface area contributed by atoms with Crippen LogP contribution in [0.15, 0.2) is 0 Å². The van der Waals surface area contributed by atoms with Gasteiger partial charge in [-0.25, -0.2) is 8.78 Å². The molecule has 90 valence electrons.